The maximum absolute atomic E-state index is 12.4. The van der Waals surface area contributed by atoms with Crippen molar-refractivity contribution in [1.29, 1.82) is 0 Å². The molecule has 1 amide bonds. The van der Waals surface area contributed by atoms with Crippen molar-refractivity contribution in [3.8, 4) is 0 Å². The Balaban J connectivity index is 1.70. The predicted molar refractivity (Wildman–Crippen MR) is 109 cm³/mol. The summed E-state index contributed by atoms with van der Waals surface area (Å²) in [5.74, 6) is 0. The van der Waals surface area contributed by atoms with Crippen molar-refractivity contribution in [3.05, 3.63) is 69.1 Å². The molecule has 0 unspecified atom stereocenters. The smallest absolute Gasteiger partial charge is 0.410 e. The normalized spacial score (nSPS) is 17.5. The molecular weight excluding hydrogens is 416 g/mol. The fourth-order valence-electron chi connectivity index (χ4n) is 3.18. The number of aromatic nitrogens is 1. The van der Waals surface area contributed by atoms with Crippen LogP contribution >= 0.6 is 11.6 Å². The second-order valence-corrected chi connectivity index (χ2v) is 9.63. The SMILES string of the molecule is O=C1OCCN1CC=C(c1ccc(S(=O)(=O)C2CC2)cc1)c1ccc(Cl)c(=O)[nH]1. The van der Waals surface area contributed by atoms with Gasteiger partial charge in [0.05, 0.1) is 16.7 Å². The van der Waals surface area contributed by atoms with Crippen LogP contribution in [-0.2, 0) is 14.6 Å². The van der Waals surface area contributed by atoms with Crippen LogP contribution in [0.3, 0.4) is 0 Å². The molecule has 7 nitrogen and oxygen atoms in total. The van der Waals surface area contributed by atoms with E-state index in [-0.39, 0.29) is 15.2 Å². The van der Waals surface area contributed by atoms with Crippen LogP contribution in [0.1, 0.15) is 24.1 Å². The summed E-state index contributed by atoms with van der Waals surface area (Å²) >= 11 is 5.84. The number of rotatable bonds is 6. The number of ether oxygens (including phenoxy) is 1. The lowest BCUT2D eigenvalue weighted by molar-refractivity contribution is 0.161. The Morgan fingerprint density at radius 2 is 1.90 bits per heavy atom. The summed E-state index contributed by atoms with van der Waals surface area (Å²) in [6.07, 6.45) is 2.81. The fraction of sp³-hybridized carbons (Fsp3) is 0.300. The van der Waals surface area contributed by atoms with Crippen molar-refractivity contribution in [3.63, 3.8) is 0 Å². The predicted octanol–water partition coefficient (Wildman–Crippen LogP) is 2.85. The summed E-state index contributed by atoms with van der Waals surface area (Å²) in [4.78, 5) is 28.2. The van der Waals surface area contributed by atoms with Crippen LogP contribution in [0, 0.1) is 0 Å². The molecule has 0 atom stereocenters. The minimum Gasteiger partial charge on any atom is -0.448 e. The number of H-pyrrole nitrogens is 1. The molecule has 1 aliphatic heterocycles. The van der Waals surface area contributed by atoms with E-state index in [0.717, 1.165) is 0 Å². The van der Waals surface area contributed by atoms with Gasteiger partial charge in [-0.15, -0.1) is 0 Å². The maximum Gasteiger partial charge on any atom is 0.410 e. The molecule has 0 spiro atoms. The van der Waals surface area contributed by atoms with Gasteiger partial charge >= 0.3 is 6.09 Å². The minimum atomic E-state index is -3.28. The van der Waals surface area contributed by atoms with Crippen molar-refractivity contribution in [2.75, 3.05) is 19.7 Å². The van der Waals surface area contributed by atoms with E-state index in [1.165, 1.54) is 6.07 Å². The van der Waals surface area contributed by atoms with Crippen LogP contribution in [0.15, 0.2) is 52.2 Å². The van der Waals surface area contributed by atoms with Crippen LogP contribution in [0.2, 0.25) is 5.02 Å². The zero-order valence-electron chi connectivity index (χ0n) is 15.4. The average Bonchev–Trinajstić information content (AvgIpc) is 3.49. The molecule has 9 heteroatoms. The molecular formula is C20H19ClN2O5S. The third-order valence-corrected chi connectivity index (χ3v) is 7.55. The van der Waals surface area contributed by atoms with E-state index in [1.807, 2.05) is 0 Å². The van der Waals surface area contributed by atoms with Crippen molar-refractivity contribution >= 4 is 33.1 Å². The number of nitrogens with one attached hydrogen (secondary N) is 1. The number of carbonyl (C=O) groups excluding carboxylic acids is 1. The molecule has 1 aromatic heterocycles. The molecule has 1 saturated heterocycles. The Morgan fingerprint density at radius 3 is 2.48 bits per heavy atom. The minimum absolute atomic E-state index is 0.0714. The molecule has 2 fully saturated rings. The third kappa shape index (κ3) is 4.09. The number of hydrogen-bond donors (Lipinski definition) is 1. The van der Waals surface area contributed by atoms with Gasteiger partial charge in [0.2, 0.25) is 0 Å². The zero-order chi connectivity index (χ0) is 20.6. The first-order valence-corrected chi connectivity index (χ1v) is 11.1. The lowest BCUT2D eigenvalue weighted by Crippen LogP contribution is -2.24. The van der Waals surface area contributed by atoms with E-state index in [1.54, 1.807) is 41.3 Å². The summed E-state index contributed by atoms with van der Waals surface area (Å²) in [5.41, 5.74) is 1.47. The molecule has 2 aliphatic rings. The number of aromatic amines is 1. The quantitative estimate of drug-likeness (QED) is 0.754. The molecule has 0 bridgehead atoms. The highest BCUT2D eigenvalue weighted by atomic mass is 35.5. The number of sulfone groups is 1. The number of nitrogens with zero attached hydrogens (tertiary/aromatic N) is 1. The van der Waals surface area contributed by atoms with Crippen molar-refractivity contribution in [2.45, 2.75) is 23.0 Å². The van der Waals surface area contributed by atoms with E-state index in [2.05, 4.69) is 4.98 Å². The van der Waals surface area contributed by atoms with E-state index < -0.39 is 21.5 Å². The number of cyclic esters (lactones) is 1. The van der Waals surface area contributed by atoms with E-state index in [0.29, 0.717) is 49.4 Å². The first-order valence-electron chi connectivity index (χ1n) is 9.21. The van der Waals surface area contributed by atoms with Crippen molar-refractivity contribution in [1.82, 2.24) is 9.88 Å². The second kappa shape index (κ2) is 7.68. The molecule has 0 radical (unpaired) electrons. The van der Waals surface area contributed by atoms with Crippen molar-refractivity contribution < 1.29 is 17.9 Å². The lowest BCUT2D eigenvalue weighted by atomic mass is 10.0. The Labute approximate surface area is 172 Å². The molecule has 1 aromatic carbocycles. The van der Waals surface area contributed by atoms with Crippen LogP contribution in [0.5, 0.6) is 0 Å². The highest BCUT2D eigenvalue weighted by molar-refractivity contribution is 7.92. The first-order chi connectivity index (χ1) is 13.9. The molecule has 152 valence electrons. The van der Waals surface area contributed by atoms with Gasteiger partial charge in [0, 0.05) is 17.8 Å². The van der Waals surface area contributed by atoms with E-state index in [4.69, 9.17) is 16.3 Å². The summed E-state index contributed by atoms with van der Waals surface area (Å²) < 4.78 is 29.8. The van der Waals surface area contributed by atoms with Crippen LogP contribution in [0.25, 0.3) is 5.57 Å². The molecule has 2 heterocycles. The fourth-order valence-corrected chi connectivity index (χ4v) is 4.95. The summed E-state index contributed by atoms with van der Waals surface area (Å²) in [7, 11) is -3.28. The Bertz CT molecular complexity index is 1130. The van der Waals surface area contributed by atoms with Gasteiger partial charge in [-0.05, 0) is 42.7 Å². The highest BCUT2D eigenvalue weighted by Crippen LogP contribution is 2.34. The number of amides is 1. The largest absolute Gasteiger partial charge is 0.448 e. The summed E-state index contributed by atoms with van der Waals surface area (Å²) in [6, 6.07) is 9.74. The average molecular weight is 435 g/mol. The third-order valence-electron chi connectivity index (χ3n) is 4.97. The standard InChI is InChI=1S/C20H19ClN2O5S/c21-17-7-8-18(22-19(17)24)16(9-10-23-11-12-28-20(23)25)13-1-3-14(4-2-13)29(26,27)15-5-6-15/h1-4,7-9,15H,5-6,10-12H2,(H,22,24). The number of pyridine rings is 1. The van der Waals surface area contributed by atoms with Gasteiger partial charge in [-0.2, -0.15) is 0 Å². The van der Waals surface area contributed by atoms with Crippen LogP contribution in [0.4, 0.5) is 4.79 Å². The summed E-state index contributed by atoms with van der Waals surface area (Å²) in [6.45, 7) is 1.12. The molecule has 29 heavy (non-hydrogen) atoms. The summed E-state index contributed by atoms with van der Waals surface area (Å²) in [5, 5.41) is -0.209. The topological polar surface area (TPSA) is 96.5 Å². The number of hydrogen-bond acceptors (Lipinski definition) is 5. The van der Waals surface area contributed by atoms with Crippen LogP contribution in [-0.4, -0.2) is 49.3 Å². The van der Waals surface area contributed by atoms with Crippen LogP contribution < -0.4 is 5.56 Å². The highest BCUT2D eigenvalue weighted by Gasteiger charge is 2.36. The Kier molecular flexibility index (Phi) is 5.23. The Hall–Kier alpha value is -2.58. The van der Waals surface area contributed by atoms with Gasteiger partial charge < -0.3 is 14.6 Å². The molecule has 1 N–H and O–H groups in total. The number of halogens is 1. The zero-order valence-corrected chi connectivity index (χ0v) is 17.0. The maximum atomic E-state index is 12.4. The van der Waals surface area contributed by atoms with E-state index in [9.17, 15) is 18.0 Å². The van der Waals surface area contributed by atoms with Gasteiger partial charge in [0.15, 0.2) is 9.84 Å². The van der Waals surface area contributed by atoms with Gasteiger partial charge in [0.25, 0.3) is 5.56 Å². The lowest BCUT2D eigenvalue weighted by Gasteiger charge is -2.13. The van der Waals surface area contributed by atoms with Gasteiger partial charge in [0.1, 0.15) is 11.6 Å². The molecule has 1 aliphatic carbocycles. The molecule has 4 rings (SSSR count). The first kappa shape index (κ1) is 19.7. The van der Waals surface area contributed by atoms with Gasteiger partial charge in [-0.3, -0.25) is 4.79 Å². The Morgan fingerprint density at radius 1 is 1.17 bits per heavy atom. The van der Waals surface area contributed by atoms with E-state index >= 15 is 0 Å². The van der Waals surface area contributed by atoms with Crippen molar-refractivity contribution in [2.24, 2.45) is 0 Å². The number of carbonyl (C=O) groups is 1. The number of benzene rings is 1. The molecule has 2 aromatic rings. The second-order valence-electron chi connectivity index (χ2n) is 7.00. The molecule has 1 saturated carbocycles. The van der Waals surface area contributed by atoms with Gasteiger partial charge in [-0.25, -0.2) is 13.2 Å². The van der Waals surface area contributed by atoms with Gasteiger partial charge in [-0.1, -0.05) is 29.8 Å². The monoisotopic (exact) mass is 434 g/mol.